The third-order valence-corrected chi connectivity index (χ3v) is 5.18. The highest BCUT2D eigenvalue weighted by Crippen LogP contribution is 2.20. The number of hydrogen-bond acceptors (Lipinski definition) is 4. The lowest BCUT2D eigenvalue weighted by Crippen LogP contribution is -2.43. The number of benzene rings is 1. The predicted octanol–water partition coefficient (Wildman–Crippen LogP) is 3.24. The second-order valence-electron chi connectivity index (χ2n) is 7.24. The highest BCUT2D eigenvalue weighted by atomic mass is 16.5. The van der Waals surface area contributed by atoms with Gasteiger partial charge in [0.05, 0.1) is 6.10 Å². The molecule has 0 radical (unpaired) electrons. The van der Waals surface area contributed by atoms with E-state index in [0.717, 1.165) is 44.0 Å². The van der Waals surface area contributed by atoms with Gasteiger partial charge in [-0.25, -0.2) is 4.79 Å². The van der Waals surface area contributed by atoms with Crippen LogP contribution in [0.4, 0.5) is 10.5 Å². The normalized spacial score (nSPS) is 23.6. The zero-order chi connectivity index (χ0) is 18.2. The monoisotopic (exact) mass is 361 g/mol. The smallest absolute Gasteiger partial charge is 0.319 e. The van der Waals surface area contributed by atoms with E-state index in [1.165, 1.54) is 19.3 Å². The molecule has 2 unspecified atom stereocenters. The van der Waals surface area contributed by atoms with Crippen LogP contribution in [0, 0.1) is 0 Å². The number of anilines is 1. The standard InChI is InChI=1S/C20H31N3O3/c1-16-6-2-3-11-23(16)12-10-21-20(24)22-17-7-4-8-18(14-17)26-15-19-9-5-13-25-19/h4,7-8,14,16,19H,2-3,5-6,9-13,15H2,1H3,(H2,21,22,24). The van der Waals surface area contributed by atoms with E-state index < -0.39 is 0 Å². The van der Waals surface area contributed by atoms with E-state index >= 15 is 0 Å². The van der Waals surface area contributed by atoms with Gasteiger partial charge in [0.1, 0.15) is 12.4 Å². The van der Waals surface area contributed by atoms with Gasteiger partial charge in [-0.1, -0.05) is 12.5 Å². The van der Waals surface area contributed by atoms with Crippen LogP contribution in [-0.4, -0.2) is 55.9 Å². The van der Waals surface area contributed by atoms with Gasteiger partial charge >= 0.3 is 6.03 Å². The molecule has 3 rings (SSSR count). The van der Waals surface area contributed by atoms with Crippen molar-refractivity contribution in [2.45, 2.75) is 51.2 Å². The molecular formula is C20H31N3O3. The number of piperidine rings is 1. The second-order valence-corrected chi connectivity index (χ2v) is 7.24. The number of nitrogens with one attached hydrogen (secondary N) is 2. The fourth-order valence-corrected chi connectivity index (χ4v) is 3.61. The molecule has 0 saturated carbocycles. The highest BCUT2D eigenvalue weighted by Gasteiger charge is 2.18. The number of rotatable bonds is 7. The molecule has 0 spiro atoms. The van der Waals surface area contributed by atoms with E-state index in [2.05, 4.69) is 22.5 Å². The maximum absolute atomic E-state index is 12.1. The largest absolute Gasteiger partial charge is 0.491 e. The van der Waals surface area contributed by atoms with Gasteiger partial charge in [0.15, 0.2) is 0 Å². The van der Waals surface area contributed by atoms with Crippen molar-refractivity contribution in [3.05, 3.63) is 24.3 Å². The molecule has 26 heavy (non-hydrogen) atoms. The minimum absolute atomic E-state index is 0.175. The van der Waals surface area contributed by atoms with Crippen molar-refractivity contribution >= 4 is 11.7 Å². The highest BCUT2D eigenvalue weighted by molar-refractivity contribution is 5.89. The SMILES string of the molecule is CC1CCCCN1CCNC(=O)Nc1cccc(OCC2CCCO2)c1. The lowest BCUT2D eigenvalue weighted by molar-refractivity contribution is 0.0680. The average Bonchev–Trinajstić information content (AvgIpc) is 3.15. The molecule has 6 nitrogen and oxygen atoms in total. The topological polar surface area (TPSA) is 62.8 Å². The van der Waals surface area contributed by atoms with E-state index in [1.54, 1.807) is 0 Å². The molecule has 0 aromatic heterocycles. The summed E-state index contributed by atoms with van der Waals surface area (Å²) < 4.78 is 11.3. The maximum Gasteiger partial charge on any atom is 0.319 e. The van der Waals surface area contributed by atoms with Crippen molar-refractivity contribution in [3.8, 4) is 5.75 Å². The van der Waals surface area contributed by atoms with Crippen LogP contribution >= 0.6 is 0 Å². The first-order chi connectivity index (χ1) is 12.7. The van der Waals surface area contributed by atoms with Gasteiger partial charge in [-0.3, -0.25) is 4.90 Å². The second kappa shape index (κ2) is 9.78. The summed E-state index contributed by atoms with van der Waals surface area (Å²) >= 11 is 0. The summed E-state index contributed by atoms with van der Waals surface area (Å²) in [5.41, 5.74) is 0.735. The van der Waals surface area contributed by atoms with Crippen LogP contribution in [-0.2, 0) is 4.74 Å². The zero-order valence-electron chi connectivity index (χ0n) is 15.7. The zero-order valence-corrected chi connectivity index (χ0v) is 15.7. The van der Waals surface area contributed by atoms with E-state index in [1.807, 2.05) is 24.3 Å². The number of urea groups is 1. The molecule has 2 amide bonds. The van der Waals surface area contributed by atoms with Gasteiger partial charge in [0.25, 0.3) is 0 Å². The first-order valence-electron chi connectivity index (χ1n) is 9.84. The first-order valence-corrected chi connectivity index (χ1v) is 9.84. The number of amides is 2. The third-order valence-electron chi connectivity index (χ3n) is 5.18. The Labute approximate surface area is 156 Å². The Kier molecular flexibility index (Phi) is 7.14. The van der Waals surface area contributed by atoms with Crippen molar-refractivity contribution in [2.75, 3.05) is 38.2 Å². The van der Waals surface area contributed by atoms with Crippen molar-refractivity contribution < 1.29 is 14.3 Å². The number of carbonyl (C=O) groups excluding carboxylic acids is 1. The third kappa shape index (κ3) is 5.88. The number of ether oxygens (including phenoxy) is 2. The van der Waals surface area contributed by atoms with Crippen molar-refractivity contribution in [1.29, 1.82) is 0 Å². The van der Waals surface area contributed by atoms with Gasteiger partial charge in [-0.15, -0.1) is 0 Å². The Morgan fingerprint density at radius 2 is 2.23 bits per heavy atom. The molecule has 2 aliphatic heterocycles. The number of likely N-dealkylation sites (tertiary alicyclic amines) is 1. The number of carbonyl (C=O) groups is 1. The molecule has 2 fully saturated rings. The fraction of sp³-hybridized carbons (Fsp3) is 0.650. The minimum atomic E-state index is -0.175. The number of hydrogen-bond donors (Lipinski definition) is 2. The number of nitrogens with zero attached hydrogens (tertiary/aromatic N) is 1. The molecule has 2 heterocycles. The van der Waals surface area contributed by atoms with Crippen LogP contribution in [0.2, 0.25) is 0 Å². The molecular weight excluding hydrogens is 330 g/mol. The summed E-state index contributed by atoms with van der Waals surface area (Å²) in [6.07, 6.45) is 6.17. The quantitative estimate of drug-likeness (QED) is 0.783. The Hall–Kier alpha value is -1.79. The fourth-order valence-electron chi connectivity index (χ4n) is 3.61. The van der Waals surface area contributed by atoms with Crippen molar-refractivity contribution in [3.63, 3.8) is 0 Å². The van der Waals surface area contributed by atoms with Gasteiger partial charge in [-0.05, 0) is 51.3 Å². The lowest BCUT2D eigenvalue weighted by atomic mass is 10.0. The summed E-state index contributed by atoms with van der Waals surface area (Å²) in [7, 11) is 0. The maximum atomic E-state index is 12.1. The van der Waals surface area contributed by atoms with E-state index in [9.17, 15) is 4.79 Å². The first kappa shape index (κ1) is 19.0. The Morgan fingerprint density at radius 1 is 1.31 bits per heavy atom. The molecule has 144 valence electrons. The van der Waals surface area contributed by atoms with Gasteiger partial charge in [0, 0.05) is 37.5 Å². The van der Waals surface area contributed by atoms with Crippen molar-refractivity contribution in [2.24, 2.45) is 0 Å². The summed E-state index contributed by atoms with van der Waals surface area (Å²) in [4.78, 5) is 14.6. The van der Waals surface area contributed by atoms with Crippen LogP contribution in [0.15, 0.2) is 24.3 Å². The molecule has 6 heteroatoms. The molecule has 0 aliphatic carbocycles. The molecule has 2 atom stereocenters. The molecule has 2 aliphatic rings. The van der Waals surface area contributed by atoms with Crippen LogP contribution in [0.1, 0.15) is 39.0 Å². The summed E-state index contributed by atoms with van der Waals surface area (Å²) in [5, 5.41) is 5.82. The van der Waals surface area contributed by atoms with Gasteiger partial charge in [-0.2, -0.15) is 0 Å². The van der Waals surface area contributed by atoms with Crippen molar-refractivity contribution in [1.82, 2.24) is 10.2 Å². The molecule has 1 aromatic carbocycles. The molecule has 2 N–H and O–H groups in total. The van der Waals surface area contributed by atoms with Crippen LogP contribution in [0.25, 0.3) is 0 Å². The van der Waals surface area contributed by atoms with Crippen LogP contribution in [0.5, 0.6) is 5.75 Å². The Balaban J connectivity index is 1.38. The predicted molar refractivity (Wildman–Crippen MR) is 103 cm³/mol. The Bertz CT molecular complexity index is 575. The van der Waals surface area contributed by atoms with Gasteiger partial charge in [0.2, 0.25) is 0 Å². The summed E-state index contributed by atoms with van der Waals surface area (Å²) in [5.74, 6) is 0.750. The lowest BCUT2D eigenvalue weighted by Gasteiger charge is -2.33. The summed E-state index contributed by atoms with van der Waals surface area (Å²) in [6, 6.07) is 7.94. The van der Waals surface area contributed by atoms with Crippen LogP contribution in [0.3, 0.4) is 0 Å². The van der Waals surface area contributed by atoms with E-state index in [0.29, 0.717) is 19.2 Å². The minimum Gasteiger partial charge on any atom is -0.491 e. The molecule has 1 aromatic rings. The molecule has 0 bridgehead atoms. The van der Waals surface area contributed by atoms with Gasteiger partial charge < -0.3 is 20.1 Å². The molecule has 2 saturated heterocycles. The summed E-state index contributed by atoms with van der Waals surface area (Å²) in [6.45, 7) is 6.34. The van der Waals surface area contributed by atoms with E-state index in [-0.39, 0.29) is 12.1 Å². The van der Waals surface area contributed by atoms with Crippen LogP contribution < -0.4 is 15.4 Å². The Morgan fingerprint density at radius 3 is 3.04 bits per heavy atom. The van der Waals surface area contributed by atoms with E-state index in [4.69, 9.17) is 9.47 Å². The average molecular weight is 361 g/mol.